The van der Waals surface area contributed by atoms with Gasteiger partial charge in [-0.15, -0.1) is 11.3 Å². The second-order valence-electron chi connectivity index (χ2n) is 8.63. The number of ether oxygens (including phenoxy) is 1. The highest BCUT2D eigenvalue weighted by Gasteiger charge is 2.36. The molecule has 172 valence electrons. The zero-order valence-corrected chi connectivity index (χ0v) is 19.7. The minimum absolute atomic E-state index is 0.0314. The van der Waals surface area contributed by atoms with Crippen LogP contribution in [0.2, 0.25) is 0 Å². The fraction of sp³-hybridized carbons (Fsp3) is 0.458. The van der Waals surface area contributed by atoms with E-state index in [1.807, 2.05) is 42.5 Å². The Balaban J connectivity index is 1.41. The molecule has 3 aromatic rings. The molecule has 3 aromatic heterocycles. The summed E-state index contributed by atoms with van der Waals surface area (Å²) in [6, 6.07) is 4.05. The molecule has 4 heterocycles. The van der Waals surface area contributed by atoms with E-state index < -0.39 is 0 Å². The summed E-state index contributed by atoms with van der Waals surface area (Å²) in [4.78, 5) is 37.7. The lowest BCUT2D eigenvalue weighted by Crippen LogP contribution is -2.40. The molecule has 8 nitrogen and oxygen atoms in total. The van der Waals surface area contributed by atoms with E-state index in [2.05, 4.69) is 10.1 Å². The van der Waals surface area contributed by atoms with Crippen molar-refractivity contribution in [3.05, 3.63) is 46.7 Å². The third-order valence-corrected chi connectivity index (χ3v) is 7.18. The molecule has 2 fully saturated rings. The Morgan fingerprint density at radius 2 is 1.97 bits per heavy atom. The maximum Gasteiger partial charge on any atom is 0.309 e. The molecular formula is C24H27N5O3S. The Labute approximate surface area is 196 Å². The van der Waals surface area contributed by atoms with Gasteiger partial charge in [-0.05, 0) is 56.5 Å². The quantitative estimate of drug-likeness (QED) is 0.511. The van der Waals surface area contributed by atoms with Crippen LogP contribution in [0.5, 0.6) is 0 Å². The number of nitrogens with zero attached hydrogens (tertiary/aromatic N) is 5. The van der Waals surface area contributed by atoms with Crippen LogP contribution in [0, 0.1) is 12.8 Å². The first-order valence-electron chi connectivity index (χ1n) is 11.5. The predicted molar refractivity (Wildman–Crippen MR) is 124 cm³/mol. The molecule has 33 heavy (non-hydrogen) atoms. The van der Waals surface area contributed by atoms with Gasteiger partial charge in [-0.2, -0.15) is 5.10 Å². The van der Waals surface area contributed by atoms with E-state index in [0.29, 0.717) is 50.0 Å². The van der Waals surface area contributed by atoms with Crippen LogP contribution >= 0.6 is 11.3 Å². The second kappa shape index (κ2) is 9.05. The summed E-state index contributed by atoms with van der Waals surface area (Å²) in [6.45, 7) is 5.28. The maximum absolute atomic E-state index is 13.4. The summed E-state index contributed by atoms with van der Waals surface area (Å²) in [7, 11) is 0. The molecule has 1 amide bonds. The highest BCUT2D eigenvalue weighted by atomic mass is 32.1. The largest absolute Gasteiger partial charge is 0.466 e. The number of hydrogen-bond acceptors (Lipinski definition) is 7. The van der Waals surface area contributed by atoms with Crippen molar-refractivity contribution in [1.29, 1.82) is 0 Å². The summed E-state index contributed by atoms with van der Waals surface area (Å²) >= 11 is 1.64. The first-order chi connectivity index (χ1) is 16.1. The lowest BCUT2D eigenvalue weighted by Gasteiger charge is -2.30. The number of aryl methyl sites for hydroxylation is 1. The number of carbonyl (C=O) groups excluding carboxylic acids is 2. The number of likely N-dealkylation sites (tertiary alicyclic amines) is 1. The molecule has 9 heteroatoms. The number of aromatic nitrogens is 4. The first-order valence-corrected chi connectivity index (χ1v) is 12.4. The van der Waals surface area contributed by atoms with E-state index >= 15 is 0 Å². The van der Waals surface area contributed by atoms with E-state index in [9.17, 15) is 9.59 Å². The molecule has 0 atom stereocenters. The monoisotopic (exact) mass is 465 g/mol. The fourth-order valence-electron chi connectivity index (χ4n) is 4.38. The molecule has 5 rings (SSSR count). The second-order valence-corrected chi connectivity index (χ2v) is 9.57. The van der Waals surface area contributed by atoms with Crippen LogP contribution in [0.25, 0.3) is 16.5 Å². The smallest absolute Gasteiger partial charge is 0.309 e. The summed E-state index contributed by atoms with van der Waals surface area (Å²) in [6.07, 6.45) is 6.78. The number of rotatable bonds is 6. The molecule has 0 aromatic carbocycles. The summed E-state index contributed by atoms with van der Waals surface area (Å²) in [5, 5.41) is 6.59. The molecule has 0 radical (unpaired) electrons. The fourth-order valence-corrected chi connectivity index (χ4v) is 5.16. The van der Waals surface area contributed by atoms with Gasteiger partial charge in [-0.3, -0.25) is 9.59 Å². The van der Waals surface area contributed by atoms with Crippen molar-refractivity contribution in [2.45, 2.75) is 45.4 Å². The molecule has 1 saturated heterocycles. The number of hydrogen-bond donors (Lipinski definition) is 0. The van der Waals surface area contributed by atoms with E-state index in [1.165, 1.54) is 0 Å². The van der Waals surface area contributed by atoms with Gasteiger partial charge in [0, 0.05) is 25.2 Å². The van der Waals surface area contributed by atoms with Crippen molar-refractivity contribution in [2.75, 3.05) is 19.7 Å². The van der Waals surface area contributed by atoms with Crippen LogP contribution in [-0.4, -0.2) is 56.2 Å². The molecule has 0 N–H and O–H groups in total. The number of thiophene rings is 1. The average molecular weight is 466 g/mol. The number of esters is 1. The van der Waals surface area contributed by atoms with Gasteiger partial charge in [-0.1, -0.05) is 6.07 Å². The SMILES string of the molecule is CCOC(=O)C1CCN(C(=O)c2cnn(-c3ncc(C)c(-c4cccs4)n3)c2C2CC2)CC1. The van der Waals surface area contributed by atoms with E-state index in [1.54, 1.807) is 22.2 Å². The van der Waals surface area contributed by atoms with Crippen molar-refractivity contribution in [1.82, 2.24) is 24.6 Å². The zero-order chi connectivity index (χ0) is 22.9. The highest BCUT2D eigenvalue weighted by molar-refractivity contribution is 7.13. The summed E-state index contributed by atoms with van der Waals surface area (Å²) in [5.74, 6) is 0.464. The van der Waals surface area contributed by atoms with Crippen molar-refractivity contribution >= 4 is 23.2 Å². The molecular weight excluding hydrogens is 438 g/mol. The molecule has 0 spiro atoms. The number of piperidine rings is 1. The van der Waals surface area contributed by atoms with Crippen molar-refractivity contribution < 1.29 is 14.3 Å². The normalized spacial score (nSPS) is 16.7. The molecule has 1 aliphatic carbocycles. The highest BCUT2D eigenvalue weighted by Crippen LogP contribution is 2.43. The Morgan fingerprint density at radius 1 is 1.18 bits per heavy atom. The standard InChI is InChI=1S/C24H27N5O3S/c1-3-32-23(31)17-8-10-28(11-9-17)22(30)18-14-26-29(21(18)16-6-7-16)24-25-13-15(2)20(27-24)19-5-4-12-33-19/h4-5,12-14,16-17H,3,6-11H2,1-2H3. The Hall–Kier alpha value is -3.07. The van der Waals surface area contributed by atoms with Crippen molar-refractivity contribution in [3.63, 3.8) is 0 Å². The molecule has 0 unspecified atom stereocenters. The van der Waals surface area contributed by atoms with Crippen LogP contribution in [0.15, 0.2) is 29.9 Å². The Bertz CT molecular complexity index is 1160. The lowest BCUT2D eigenvalue weighted by atomic mass is 9.96. The Kier molecular flexibility index (Phi) is 5.97. The molecule has 1 aliphatic heterocycles. The van der Waals surface area contributed by atoms with Crippen LogP contribution < -0.4 is 0 Å². The van der Waals surface area contributed by atoms with Gasteiger partial charge in [0.2, 0.25) is 0 Å². The minimum atomic E-state index is -0.158. The van der Waals surface area contributed by atoms with Crippen LogP contribution in [0.4, 0.5) is 0 Å². The van der Waals surface area contributed by atoms with Crippen molar-refractivity contribution in [3.8, 4) is 16.5 Å². The van der Waals surface area contributed by atoms with Crippen LogP contribution in [0.3, 0.4) is 0 Å². The molecule has 0 bridgehead atoms. The van der Waals surface area contributed by atoms with Gasteiger partial charge in [0.05, 0.1) is 40.6 Å². The Morgan fingerprint density at radius 3 is 2.64 bits per heavy atom. The number of carbonyl (C=O) groups is 2. The average Bonchev–Trinajstić information content (AvgIpc) is 3.33. The van der Waals surface area contributed by atoms with Gasteiger partial charge in [0.25, 0.3) is 11.9 Å². The summed E-state index contributed by atoms with van der Waals surface area (Å²) < 4.78 is 6.89. The van der Waals surface area contributed by atoms with Crippen LogP contribution in [0.1, 0.15) is 60.1 Å². The van der Waals surface area contributed by atoms with E-state index in [4.69, 9.17) is 9.72 Å². The van der Waals surface area contributed by atoms with E-state index in [-0.39, 0.29) is 17.8 Å². The van der Waals surface area contributed by atoms with Gasteiger partial charge >= 0.3 is 5.97 Å². The van der Waals surface area contributed by atoms with E-state index in [0.717, 1.165) is 34.7 Å². The van der Waals surface area contributed by atoms with Crippen LogP contribution in [-0.2, 0) is 9.53 Å². The van der Waals surface area contributed by atoms with Gasteiger partial charge in [-0.25, -0.2) is 14.6 Å². The predicted octanol–water partition coefficient (Wildman–Crippen LogP) is 3.99. The first kappa shape index (κ1) is 21.8. The number of amides is 1. The van der Waals surface area contributed by atoms with Gasteiger partial charge in [0.15, 0.2) is 0 Å². The third kappa shape index (κ3) is 4.29. The maximum atomic E-state index is 13.4. The third-order valence-electron chi connectivity index (χ3n) is 6.31. The topological polar surface area (TPSA) is 90.2 Å². The zero-order valence-electron chi connectivity index (χ0n) is 18.9. The van der Waals surface area contributed by atoms with Crippen molar-refractivity contribution in [2.24, 2.45) is 5.92 Å². The van der Waals surface area contributed by atoms with Gasteiger partial charge in [0.1, 0.15) is 0 Å². The molecule has 1 saturated carbocycles. The minimum Gasteiger partial charge on any atom is -0.466 e. The molecule has 2 aliphatic rings. The van der Waals surface area contributed by atoms with Gasteiger partial charge < -0.3 is 9.64 Å². The summed E-state index contributed by atoms with van der Waals surface area (Å²) in [5.41, 5.74) is 3.41. The lowest BCUT2D eigenvalue weighted by molar-refractivity contribution is -0.149.